The van der Waals surface area contributed by atoms with Crippen LogP contribution in [0.4, 0.5) is 0 Å². The van der Waals surface area contributed by atoms with Gasteiger partial charge in [0.05, 0.1) is 27.2 Å². The molecule has 0 N–H and O–H groups in total. The largest absolute Gasteiger partial charge is 0.455 e. The summed E-state index contributed by atoms with van der Waals surface area (Å²) in [4.78, 5) is 11.5. The third-order valence-electron chi connectivity index (χ3n) is 6.12. The molecule has 196 valence electrons. The lowest BCUT2D eigenvalue weighted by molar-refractivity contribution is -0.867. The van der Waals surface area contributed by atoms with Gasteiger partial charge in [0.15, 0.2) is 18.4 Å². The zero-order valence-electron chi connectivity index (χ0n) is 22.9. The topological polar surface area (TPSA) is 52.6 Å². The Morgan fingerprint density at radius 2 is 1.27 bits per heavy atom. The van der Waals surface area contributed by atoms with Crippen molar-refractivity contribution in [1.82, 2.24) is 0 Å². The quantitative estimate of drug-likeness (QED) is 0.0652. The number of ether oxygens (including phenoxy) is 2. The first kappa shape index (κ1) is 32.5. The summed E-state index contributed by atoms with van der Waals surface area (Å²) in [6.45, 7) is 7.13. The lowest BCUT2D eigenvalue weighted by atomic mass is 10.0. The minimum Gasteiger partial charge on any atom is -0.455 e. The molecule has 0 aliphatic heterocycles. The third-order valence-corrected chi connectivity index (χ3v) is 7.59. The molecule has 0 aromatic rings. The lowest BCUT2D eigenvalue weighted by Gasteiger charge is -2.22. The smallest absolute Gasteiger partial charge is 0.348 e. The first-order chi connectivity index (χ1) is 15.7. The molecule has 0 rings (SSSR count). The van der Waals surface area contributed by atoms with Crippen LogP contribution >= 0.6 is 7.80 Å². The Bertz CT molecular complexity index is 493. The molecule has 33 heavy (non-hydrogen) atoms. The molecule has 3 atom stereocenters. The highest BCUT2D eigenvalue weighted by atomic mass is 31.1. The second-order valence-corrected chi connectivity index (χ2v) is 12.5. The molecule has 0 aromatic carbocycles. The second kappa shape index (κ2) is 20.8. The minimum atomic E-state index is -1.41. The van der Waals surface area contributed by atoms with E-state index < -0.39 is 13.9 Å². The van der Waals surface area contributed by atoms with Crippen molar-refractivity contribution in [3.8, 4) is 0 Å². The molecule has 0 aliphatic rings. The summed E-state index contributed by atoms with van der Waals surface area (Å²) in [5.74, 6) is -0.332. The Morgan fingerprint density at radius 1 is 0.818 bits per heavy atom. The van der Waals surface area contributed by atoms with Crippen molar-refractivity contribution in [3.63, 3.8) is 0 Å². The Kier molecular flexibility index (Phi) is 20.5. The number of rotatable bonds is 23. The fourth-order valence-electron chi connectivity index (χ4n) is 3.87. The van der Waals surface area contributed by atoms with Crippen LogP contribution in [0, 0.1) is 0 Å². The van der Waals surface area contributed by atoms with Gasteiger partial charge < -0.3 is 14.0 Å². The number of hydrogen-bond donors (Lipinski definition) is 0. The molecule has 0 amide bonds. The zero-order chi connectivity index (χ0) is 25.0. The van der Waals surface area contributed by atoms with Crippen molar-refractivity contribution < 1.29 is 23.3 Å². The van der Waals surface area contributed by atoms with Crippen molar-refractivity contribution in [2.45, 2.75) is 123 Å². The number of hydrogen-bond acceptors (Lipinski definition) is 4. The van der Waals surface area contributed by atoms with Crippen LogP contribution in [0.15, 0.2) is 0 Å². The van der Waals surface area contributed by atoms with Crippen LogP contribution in [-0.2, 0) is 18.8 Å². The van der Waals surface area contributed by atoms with Crippen molar-refractivity contribution >= 4 is 13.8 Å². The summed E-state index contributed by atoms with van der Waals surface area (Å²) >= 11 is 0. The predicted octanol–water partition coefficient (Wildman–Crippen LogP) is 7.34. The van der Waals surface area contributed by atoms with Gasteiger partial charge in [-0.05, 0) is 13.3 Å². The van der Waals surface area contributed by atoms with Gasteiger partial charge in [-0.2, -0.15) is 0 Å². The maximum absolute atomic E-state index is 12.5. The first-order valence-electron chi connectivity index (χ1n) is 13.7. The molecule has 0 aliphatic carbocycles. The normalized spacial score (nSPS) is 14.2. The van der Waals surface area contributed by atoms with E-state index >= 15 is 0 Å². The molecule has 0 bridgehead atoms. The van der Waals surface area contributed by atoms with Crippen molar-refractivity contribution in [3.05, 3.63) is 0 Å². The van der Waals surface area contributed by atoms with E-state index in [1.54, 1.807) is 0 Å². The van der Waals surface area contributed by atoms with E-state index in [-0.39, 0.29) is 12.1 Å². The standard InChI is InChI=1S/C27H56NO4P/c1-7-8-9-10-11-12-13-14-15-16-17-18-19-20-22-31-25(2)27(32-26(3)29)24-33(30)23-21-28(4,5)6/h25,27H,7-24H2,1-6H3/q+2/t25-,27+/m0/s1. The average Bonchev–Trinajstić information content (AvgIpc) is 2.73. The summed E-state index contributed by atoms with van der Waals surface area (Å²) in [5.41, 5.74) is 0. The molecule has 6 heteroatoms. The van der Waals surface area contributed by atoms with E-state index in [0.29, 0.717) is 18.9 Å². The van der Waals surface area contributed by atoms with Crippen LogP contribution in [0.25, 0.3) is 0 Å². The van der Waals surface area contributed by atoms with Gasteiger partial charge in [0.2, 0.25) is 0 Å². The van der Waals surface area contributed by atoms with Crippen LogP contribution in [-0.4, -0.2) is 69.3 Å². The van der Waals surface area contributed by atoms with Crippen LogP contribution in [0.3, 0.4) is 0 Å². The highest BCUT2D eigenvalue weighted by Crippen LogP contribution is 2.25. The number of esters is 1. The molecule has 0 aromatic heterocycles. The fraction of sp³-hybridized carbons (Fsp3) is 0.963. The molecule has 0 radical (unpaired) electrons. The number of carbonyl (C=O) groups is 1. The molecule has 0 fully saturated rings. The summed E-state index contributed by atoms with van der Waals surface area (Å²) in [6, 6.07) is 0. The Balaban J connectivity index is 3.80. The third kappa shape index (κ3) is 23.0. The molecule has 0 spiro atoms. The highest BCUT2D eigenvalue weighted by Gasteiger charge is 2.31. The Labute approximate surface area is 206 Å². The Hall–Kier alpha value is -0.510. The van der Waals surface area contributed by atoms with Gasteiger partial charge in [0.1, 0.15) is 6.54 Å². The van der Waals surface area contributed by atoms with E-state index in [1.807, 2.05) is 6.92 Å². The van der Waals surface area contributed by atoms with Gasteiger partial charge in [-0.3, -0.25) is 4.79 Å². The van der Waals surface area contributed by atoms with Crippen molar-refractivity contribution in [2.24, 2.45) is 0 Å². The van der Waals surface area contributed by atoms with Crippen LogP contribution < -0.4 is 0 Å². The zero-order valence-corrected chi connectivity index (χ0v) is 23.8. The van der Waals surface area contributed by atoms with Crippen molar-refractivity contribution in [1.29, 1.82) is 0 Å². The molecule has 0 heterocycles. The van der Waals surface area contributed by atoms with Gasteiger partial charge in [-0.25, -0.2) is 0 Å². The van der Waals surface area contributed by atoms with Crippen LogP contribution in [0.5, 0.6) is 0 Å². The van der Waals surface area contributed by atoms with E-state index in [1.165, 1.54) is 90.4 Å². The summed E-state index contributed by atoms with van der Waals surface area (Å²) in [6.07, 6.45) is 19.1. The summed E-state index contributed by atoms with van der Waals surface area (Å²) in [5, 5.41) is 0. The number of nitrogens with zero attached hydrogens (tertiary/aromatic N) is 1. The van der Waals surface area contributed by atoms with Crippen LogP contribution in [0.1, 0.15) is 111 Å². The number of quaternary nitrogens is 1. The lowest BCUT2D eigenvalue weighted by Crippen LogP contribution is -2.37. The van der Waals surface area contributed by atoms with E-state index in [9.17, 15) is 9.36 Å². The maximum Gasteiger partial charge on any atom is 0.348 e. The molecular formula is C27H56NO4P+2. The minimum absolute atomic E-state index is 0.223. The van der Waals surface area contributed by atoms with E-state index in [4.69, 9.17) is 9.47 Å². The number of unbranched alkanes of at least 4 members (excludes halogenated alkanes) is 13. The highest BCUT2D eigenvalue weighted by molar-refractivity contribution is 7.44. The molecule has 0 saturated heterocycles. The summed E-state index contributed by atoms with van der Waals surface area (Å²) in [7, 11) is 4.87. The number of carbonyl (C=O) groups excluding carboxylic acids is 1. The monoisotopic (exact) mass is 489 g/mol. The van der Waals surface area contributed by atoms with Gasteiger partial charge in [-0.1, -0.05) is 95.0 Å². The maximum atomic E-state index is 12.5. The first-order valence-corrected chi connectivity index (χ1v) is 15.3. The van der Waals surface area contributed by atoms with E-state index in [2.05, 4.69) is 28.1 Å². The van der Waals surface area contributed by atoms with Crippen molar-refractivity contribution in [2.75, 3.05) is 46.6 Å². The van der Waals surface area contributed by atoms with E-state index in [0.717, 1.165) is 17.4 Å². The molecule has 1 unspecified atom stereocenters. The average molecular weight is 490 g/mol. The van der Waals surface area contributed by atoms with Gasteiger partial charge in [0.25, 0.3) is 0 Å². The van der Waals surface area contributed by atoms with Gasteiger partial charge in [-0.15, -0.1) is 0 Å². The Morgan fingerprint density at radius 3 is 1.70 bits per heavy atom. The summed E-state index contributed by atoms with van der Waals surface area (Å²) < 4.78 is 24.7. The second-order valence-electron chi connectivity index (χ2n) is 10.7. The molecular weight excluding hydrogens is 433 g/mol. The fourth-order valence-corrected chi connectivity index (χ4v) is 5.65. The SMILES string of the molecule is CCCCCCCCCCCCCCCCO[C@@H](C)[C@@H](C[P+](=O)CC[N+](C)(C)C)OC(C)=O. The predicted molar refractivity (Wildman–Crippen MR) is 142 cm³/mol. The van der Waals surface area contributed by atoms with Gasteiger partial charge >= 0.3 is 13.8 Å². The molecule has 0 saturated carbocycles. The molecule has 5 nitrogen and oxygen atoms in total. The van der Waals surface area contributed by atoms with Crippen LogP contribution in [0.2, 0.25) is 0 Å². The van der Waals surface area contributed by atoms with Gasteiger partial charge in [0, 0.05) is 13.5 Å².